The zero-order chi connectivity index (χ0) is 18.4. The third kappa shape index (κ3) is 5.19. The largest absolute Gasteiger partial charge is 0.355 e. The van der Waals surface area contributed by atoms with Crippen molar-refractivity contribution in [2.75, 3.05) is 19.6 Å². The fraction of sp³-hybridized carbons (Fsp3) is 0.500. The van der Waals surface area contributed by atoms with E-state index in [1.165, 1.54) is 4.90 Å². The molecule has 136 valence electrons. The molecule has 1 aromatic rings. The lowest BCUT2D eigenvalue weighted by atomic mass is 10.1. The Labute approximate surface area is 157 Å². The van der Waals surface area contributed by atoms with Crippen molar-refractivity contribution in [1.29, 1.82) is 0 Å². The topological polar surface area (TPSA) is 66.5 Å². The Hall–Kier alpha value is -1.59. The minimum atomic E-state index is -0.880. The number of Topliss-reactive ketones (excluding diaryl/α,β-unsaturated/α-hetero) is 1. The number of benzene rings is 1. The number of likely N-dealkylation sites (tertiary alicyclic amines) is 1. The molecule has 25 heavy (non-hydrogen) atoms. The highest BCUT2D eigenvalue weighted by Gasteiger charge is 2.42. The standard InChI is InChI=1S/C18H22Cl2N2O3/c1-2-3-9-22-11-13(16(23)18(22)25)17(24)21-8-4-5-12-6-7-14(19)15(20)10-12/h6-7,10,13H,2-5,8-9,11H2,1H3,(H,21,24). The van der Waals surface area contributed by atoms with Crippen molar-refractivity contribution in [3.8, 4) is 0 Å². The number of halogens is 2. The SMILES string of the molecule is CCCCN1CC(C(=O)NCCCc2ccc(Cl)c(Cl)c2)C(=O)C1=O. The molecule has 1 aliphatic heterocycles. The van der Waals surface area contributed by atoms with Crippen LogP contribution in [0.25, 0.3) is 0 Å². The van der Waals surface area contributed by atoms with Crippen LogP contribution in [0.1, 0.15) is 31.7 Å². The highest BCUT2D eigenvalue weighted by molar-refractivity contribution is 6.42. The van der Waals surface area contributed by atoms with Crippen molar-refractivity contribution in [1.82, 2.24) is 10.2 Å². The molecule has 1 saturated heterocycles. The van der Waals surface area contributed by atoms with Crippen LogP contribution in [-0.2, 0) is 20.8 Å². The summed E-state index contributed by atoms with van der Waals surface area (Å²) in [7, 11) is 0. The van der Waals surface area contributed by atoms with Gasteiger partial charge in [-0.2, -0.15) is 0 Å². The second kappa shape index (κ2) is 9.20. The molecule has 1 unspecified atom stereocenters. The van der Waals surface area contributed by atoms with Crippen LogP contribution >= 0.6 is 23.2 Å². The lowest BCUT2D eigenvalue weighted by Gasteiger charge is -2.14. The molecule has 0 radical (unpaired) electrons. The Morgan fingerprint density at radius 3 is 2.68 bits per heavy atom. The van der Waals surface area contributed by atoms with Crippen LogP contribution in [0, 0.1) is 5.92 Å². The Balaban J connectivity index is 1.77. The number of unbranched alkanes of at least 4 members (excludes halogenated alkanes) is 1. The second-order valence-corrected chi connectivity index (χ2v) is 6.98. The number of nitrogens with zero attached hydrogens (tertiary/aromatic N) is 1. The van der Waals surface area contributed by atoms with Crippen molar-refractivity contribution in [3.05, 3.63) is 33.8 Å². The van der Waals surface area contributed by atoms with Crippen LogP contribution in [0.15, 0.2) is 18.2 Å². The molecule has 2 amide bonds. The third-order valence-corrected chi connectivity index (χ3v) is 4.98. The Morgan fingerprint density at radius 1 is 1.24 bits per heavy atom. The van der Waals surface area contributed by atoms with Gasteiger partial charge in [-0.15, -0.1) is 0 Å². The fourth-order valence-corrected chi connectivity index (χ4v) is 3.08. The van der Waals surface area contributed by atoms with Gasteiger partial charge in [0, 0.05) is 19.6 Å². The molecule has 1 aliphatic rings. The van der Waals surface area contributed by atoms with Gasteiger partial charge < -0.3 is 10.2 Å². The summed E-state index contributed by atoms with van der Waals surface area (Å²) < 4.78 is 0. The van der Waals surface area contributed by atoms with Gasteiger partial charge >= 0.3 is 0 Å². The van der Waals surface area contributed by atoms with Crippen LogP contribution in [0.4, 0.5) is 0 Å². The van der Waals surface area contributed by atoms with E-state index in [2.05, 4.69) is 5.32 Å². The molecule has 0 aromatic heterocycles. The van der Waals surface area contributed by atoms with E-state index < -0.39 is 17.6 Å². The van der Waals surface area contributed by atoms with Crippen molar-refractivity contribution in [2.24, 2.45) is 5.92 Å². The minimum Gasteiger partial charge on any atom is -0.355 e. The predicted octanol–water partition coefficient (Wildman–Crippen LogP) is 2.87. The molecular weight excluding hydrogens is 363 g/mol. The van der Waals surface area contributed by atoms with Gasteiger partial charge in [0.05, 0.1) is 10.0 Å². The van der Waals surface area contributed by atoms with E-state index in [4.69, 9.17) is 23.2 Å². The van der Waals surface area contributed by atoms with Gasteiger partial charge in [-0.05, 0) is 37.0 Å². The quantitative estimate of drug-likeness (QED) is 0.425. The Kier molecular flexibility index (Phi) is 7.26. The molecule has 1 heterocycles. The van der Waals surface area contributed by atoms with Crippen LogP contribution in [-0.4, -0.2) is 42.1 Å². The van der Waals surface area contributed by atoms with Crippen molar-refractivity contribution in [2.45, 2.75) is 32.6 Å². The maximum atomic E-state index is 12.2. The van der Waals surface area contributed by atoms with E-state index in [-0.39, 0.29) is 12.5 Å². The van der Waals surface area contributed by atoms with Gasteiger partial charge in [-0.3, -0.25) is 14.4 Å². The first-order valence-corrected chi connectivity index (χ1v) is 9.24. The first-order chi connectivity index (χ1) is 11.9. The summed E-state index contributed by atoms with van der Waals surface area (Å²) in [5.41, 5.74) is 1.03. The summed E-state index contributed by atoms with van der Waals surface area (Å²) in [5.74, 6) is -2.39. The summed E-state index contributed by atoms with van der Waals surface area (Å²) in [6.45, 7) is 3.17. The van der Waals surface area contributed by atoms with Gasteiger partial charge in [0.2, 0.25) is 11.7 Å². The summed E-state index contributed by atoms with van der Waals surface area (Å²) in [6, 6.07) is 5.43. The molecule has 5 nitrogen and oxygen atoms in total. The van der Waals surface area contributed by atoms with Crippen molar-refractivity contribution < 1.29 is 14.4 Å². The molecule has 7 heteroatoms. The van der Waals surface area contributed by atoms with Gasteiger partial charge in [0.25, 0.3) is 5.91 Å². The van der Waals surface area contributed by atoms with E-state index in [0.717, 1.165) is 24.8 Å². The number of carbonyl (C=O) groups excluding carboxylic acids is 3. The minimum absolute atomic E-state index is 0.191. The second-order valence-electron chi connectivity index (χ2n) is 6.16. The lowest BCUT2D eigenvalue weighted by Crippen LogP contribution is -2.36. The van der Waals surface area contributed by atoms with Crippen LogP contribution in [0.2, 0.25) is 10.0 Å². The maximum Gasteiger partial charge on any atom is 0.290 e. The lowest BCUT2D eigenvalue weighted by molar-refractivity contribution is -0.142. The number of hydrogen-bond donors (Lipinski definition) is 1. The van der Waals surface area contributed by atoms with Crippen molar-refractivity contribution >= 4 is 40.8 Å². The van der Waals surface area contributed by atoms with E-state index >= 15 is 0 Å². The van der Waals surface area contributed by atoms with E-state index in [0.29, 0.717) is 29.6 Å². The van der Waals surface area contributed by atoms with Gasteiger partial charge in [-0.1, -0.05) is 42.6 Å². The Bertz CT molecular complexity index is 664. The number of aryl methyl sites for hydroxylation is 1. The highest BCUT2D eigenvalue weighted by atomic mass is 35.5. The average molecular weight is 385 g/mol. The molecule has 0 bridgehead atoms. The normalized spacial score (nSPS) is 17.2. The number of ketones is 1. The maximum absolute atomic E-state index is 12.2. The zero-order valence-corrected chi connectivity index (χ0v) is 15.7. The first-order valence-electron chi connectivity index (χ1n) is 8.48. The van der Waals surface area contributed by atoms with Crippen LogP contribution < -0.4 is 5.32 Å². The van der Waals surface area contributed by atoms with E-state index in [1.54, 1.807) is 12.1 Å². The smallest absolute Gasteiger partial charge is 0.290 e. The molecule has 1 N–H and O–H groups in total. The van der Waals surface area contributed by atoms with E-state index in [9.17, 15) is 14.4 Å². The summed E-state index contributed by atoms with van der Waals surface area (Å²) in [4.78, 5) is 37.5. The number of hydrogen-bond acceptors (Lipinski definition) is 3. The van der Waals surface area contributed by atoms with Crippen molar-refractivity contribution in [3.63, 3.8) is 0 Å². The zero-order valence-electron chi connectivity index (χ0n) is 14.2. The molecule has 0 saturated carbocycles. The van der Waals surface area contributed by atoms with Crippen LogP contribution in [0.3, 0.4) is 0 Å². The monoisotopic (exact) mass is 384 g/mol. The van der Waals surface area contributed by atoms with Crippen LogP contribution in [0.5, 0.6) is 0 Å². The summed E-state index contributed by atoms with van der Waals surface area (Å²) >= 11 is 11.8. The van der Waals surface area contributed by atoms with E-state index in [1.807, 2.05) is 13.0 Å². The fourth-order valence-electron chi connectivity index (χ4n) is 2.76. The molecular formula is C18H22Cl2N2O3. The first kappa shape index (κ1) is 19.7. The Morgan fingerprint density at radius 2 is 2.00 bits per heavy atom. The molecule has 2 rings (SSSR count). The number of rotatable bonds is 8. The molecule has 1 aromatic carbocycles. The number of carbonyl (C=O) groups is 3. The van der Waals surface area contributed by atoms with Gasteiger partial charge in [0.1, 0.15) is 5.92 Å². The summed E-state index contributed by atoms with van der Waals surface area (Å²) in [6.07, 6.45) is 3.20. The van der Waals surface area contributed by atoms with Gasteiger partial charge in [-0.25, -0.2) is 0 Å². The molecule has 1 fully saturated rings. The summed E-state index contributed by atoms with van der Waals surface area (Å²) in [5, 5.41) is 3.77. The molecule has 1 atom stereocenters. The predicted molar refractivity (Wildman–Crippen MR) is 97.8 cm³/mol. The average Bonchev–Trinajstić information content (AvgIpc) is 2.88. The number of nitrogens with one attached hydrogen (secondary N) is 1. The third-order valence-electron chi connectivity index (χ3n) is 4.24. The molecule has 0 spiro atoms. The van der Waals surface area contributed by atoms with Gasteiger partial charge in [0.15, 0.2) is 0 Å². The highest BCUT2D eigenvalue weighted by Crippen LogP contribution is 2.23. The number of amides is 2. The molecule has 0 aliphatic carbocycles.